The van der Waals surface area contributed by atoms with Gasteiger partial charge in [-0.2, -0.15) is 0 Å². The van der Waals surface area contributed by atoms with Gasteiger partial charge in [0.25, 0.3) is 0 Å². The quantitative estimate of drug-likeness (QED) is 0.774. The monoisotopic (exact) mass is 251 g/mol. The van der Waals surface area contributed by atoms with Crippen LogP contribution in [0.25, 0.3) is 0 Å². The van der Waals surface area contributed by atoms with E-state index in [1.807, 2.05) is 0 Å². The maximum atomic E-state index is 11.5. The Balaban J connectivity index is 2.03. The highest BCUT2D eigenvalue weighted by atomic mass is 16.5. The Kier molecular flexibility index (Phi) is 4.07. The van der Waals surface area contributed by atoms with Crippen LogP contribution in [-0.2, 0) is 11.3 Å². The van der Waals surface area contributed by atoms with Crippen LogP contribution in [0.1, 0.15) is 41.6 Å². The van der Waals surface area contributed by atoms with Crippen LogP contribution in [0.2, 0.25) is 0 Å². The fourth-order valence-electron chi connectivity index (χ4n) is 2.58. The molecule has 1 atom stereocenters. The van der Waals surface area contributed by atoms with Gasteiger partial charge in [0.15, 0.2) is 0 Å². The largest absolute Gasteiger partial charge is 0.465 e. The van der Waals surface area contributed by atoms with Gasteiger partial charge in [-0.1, -0.05) is 6.92 Å². The number of ether oxygens (including phenoxy) is 1. The Labute approximate surface area is 108 Å². The van der Waals surface area contributed by atoms with Crippen molar-refractivity contribution in [1.82, 2.24) is 4.90 Å². The van der Waals surface area contributed by atoms with Crippen LogP contribution in [0.15, 0.2) is 10.5 Å². The predicted octanol–water partition coefficient (Wildman–Crippen LogP) is 2.61. The lowest BCUT2D eigenvalue weighted by atomic mass is 10.0. The molecule has 1 aromatic heterocycles. The molecule has 0 amide bonds. The van der Waals surface area contributed by atoms with Gasteiger partial charge in [0, 0.05) is 6.54 Å². The third-order valence-corrected chi connectivity index (χ3v) is 3.49. The first-order valence-electron chi connectivity index (χ1n) is 6.50. The summed E-state index contributed by atoms with van der Waals surface area (Å²) in [6.07, 6.45) is 2.55. The normalized spacial score (nSPS) is 20.9. The molecule has 0 aliphatic carbocycles. The van der Waals surface area contributed by atoms with Crippen LogP contribution < -0.4 is 0 Å². The molecular formula is C14H21NO3. The zero-order valence-corrected chi connectivity index (χ0v) is 11.4. The lowest BCUT2D eigenvalue weighted by Gasteiger charge is -2.29. The first kappa shape index (κ1) is 13.1. The van der Waals surface area contributed by atoms with Crippen LogP contribution in [0, 0.1) is 12.8 Å². The Morgan fingerprint density at radius 1 is 1.61 bits per heavy atom. The number of methoxy groups -OCH3 is 1. The smallest absolute Gasteiger partial charge is 0.341 e. The second-order valence-electron chi connectivity index (χ2n) is 5.16. The maximum Gasteiger partial charge on any atom is 0.341 e. The number of rotatable bonds is 3. The molecule has 0 radical (unpaired) electrons. The van der Waals surface area contributed by atoms with Gasteiger partial charge in [-0.25, -0.2) is 4.79 Å². The first-order valence-corrected chi connectivity index (χ1v) is 6.50. The Morgan fingerprint density at radius 3 is 3.06 bits per heavy atom. The molecule has 1 aliphatic rings. The van der Waals surface area contributed by atoms with Crippen molar-refractivity contribution in [3.8, 4) is 0 Å². The molecule has 100 valence electrons. The minimum Gasteiger partial charge on any atom is -0.465 e. The van der Waals surface area contributed by atoms with Gasteiger partial charge in [-0.05, 0) is 38.3 Å². The number of hydrogen-bond donors (Lipinski definition) is 0. The van der Waals surface area contributed by atoms with E-state index in [4.69, 9.17) is 9.15 Å². The third-order valence-electron chi connectivity index (χ3n) is 3.49. The van der Waals surface area contributed by atoms with E-state index in [-0.39, 0.29) is 5.97 Å². The minimum absolute atomic E-state index is 0.325. The van der Waals surface area contributed by atoms with E-state index in [1.54, 1.807) is 13.0 Å². The molecular weight excluding hydrogens is 230 g/mol. The SMILES string of the molecule is COC(=O)c1cc(CN2CCCC(C)C2)oc1C. The van der Waals surface area contributed by atoms with Crippen LogP contribution in [0.4, 0.5) is 0 Å². The Bertz CT molecular complexity index is 425. The molecule has 0 spiro atoms. The van der Waals surface area contributed by atoms with E-state index in [0.717, 1.165) is 31.3 Å². The summed E-state index contributed by atoms with van der Waals surface area (Å²) in [6, 6.07) is 1.81. The minimum atomic E-state index is -0.325. The molecule has 2 heterocycles. The van der Waals surface area contributed by atoms with Crippen molar-refractivity contribution in [1.29, 1.82) is 0 Å². The summed E-state index contributed by atoms with van der Waals surface area (Å²) < 4.78 is 10.4. The van der Waals surface area contributed by atoms with Crippen molar-refractivity contribution < 1.29 is 13.9 Å². The van der Waals surface area contributed by atoms with E-state index in [0.29, 0.717) is 11.3 Å². The van der Waals surface area contributed by atoms with Crippen molar-refractivity contribution in [3.05, 3.63) is 23.2 Å². The summed E-state index contributed by atoms with van der Waals surface area (Å²) in [7, 11) is 1.39. The number of aryl methyl sites for hydroxylation is 1. The number of hydrogen-bond acceptors (Lipinski definition) is 4. The average molecular weight is 251 g/mol. The summed E-state index contributed by atoms with van der Waals surface area (Å²) in [6.45, 7) is 7.07. The second-order valence-corrected chi connectivity index (χ2v) is 5.16. The summed E-state index contributed by atoms with van der Waals surface area (Å²) in [4.78, 5) is 13.9. The zero-order chi connectivity index (χ0) is 13.1. The van der Waals surface area contributed by atoms with Gasteiger partial charge in [0.1, 0.15) is 17.1 Å². The number of nitrogens with zero attached hydrogens (tertiary/aromatic N) is 1. The van der Waals surface area contributed by atoms with Crippen molar-refractivity contribution in [2.24, 2.45) is 5.92 Å². The fraction of sp³-hybridized carbons (Fsp3) is 0.643. The topological polar surface area (TPSA) is 42.7 Å². The molecule has 1 aromatic rings. The van der Waals surface area contributed by atoms with E-state index in [1.165, 1.54) is 20.0 Å². The number of likely N-dealkylation sites (tertiary alicyclic amines) is 1. The number of furan rings is 1. The highest BCUT2D eigenvalue weighted by Crippen LogP contribution is 2.21. The molecule has 4 nitrogen and oxygen atoms in total. The molecule has 0 N–H and O–H groups in total. The summed E-state index contributed by atoms with van der Waals surface area (Å²) in [5.74, 6) is 1.91. The molecule has 0 bridgehead atoms. The number of carbonyl (C=O) groups excluding carboxylic acids is 1. The summed E-state index contributed by atoms with van der Waals surface area (Å²) in [5.41, 5.74) is 0.539. The molecule has 1 aliphatic heterocycles. The van der Waals surface area contributed by atoms with Gasteiger partial charge < -0.3 is 9.15 Å². The molecule has 1 saturated heterocycles. The molecule has 2 rings (SSSR count). The van der Waals surface area contributed by atoms with Crippen molar-refractivity contribution in [3.63, 3.8) is 0 Å². The van der Waals surface area contributed by atoms with Gasteiger partial charge in [-0.3, -0.25) is 4.90 Å². The van der Waals surface area contributed by atoms with Crippen LogP contribution in [0.3, 0.4) is 0 Å². The third kappa shape index (κ3) is 2.93. The van der Waals surface area contributed by atoms with Crippen LogP contribution >= 0.6 is 0 Å². The second kappa shape index (κ2) is 5.57. The number of carbonyl (C=O) groups is 1. The molecule has 1 unspecified atom stereocenters. The molecule has 1 fully saturated rings. The highest BCUT2D eigenvalue weighted by molar-refractivity contribution is 5.90. The Hall–Kier alpha value is -1.29. The number of esters is 1. The molecule has 0 saturated carbocycles. The average Bonchev–Trinajstić information content (AvgIpc) is 2.69. The van der Waals surface area contributed by atoms with Gasteiger partial charge >= 0.3 is 5.97 Å². The standard InChI is InChI=1S/C14H21NO3/c1-10-5-4-6-15(8-10)9-12-7-13(11(2)18-12)14(16)17-3/h7,10H,4-6,8-9H2,1-3H3. The van der Waals surface area contributed by atoms with E-state index < -0.39 is 0 Å². The lowest BCUT2D eigenvalue weighted by Crippen LogP contribution is -2.33. The van der Waals surface area contributed by atoms with E-state index in [2.05, 4.69) is 11.8 Å². The Morgan fingerprint density at radius 2 is 2.39 bits per heavy atom. The van der Waals surface area contributed by atoms with Crippen LogP contribution in [0.5, 0.6) is 0 Å². The van der Waals surface area contributed by atoms with Crippen molar-refractivity contribution in [2.45, 2.75) is 33.2 Å². The summed E-state index contributed by atoms with van der Waals surface area (Å²) in [5, 5.41) is 0. The first-order chi connectivity index (χ1) is 8.60. The van der Waals surface area contributed by atoms with Gasteiger partial charge in [-0.15, -0.1) is 0 Å². The molecule has 18 heavy (non-hydrogen) atoms. The zero-order valence-electron chi connectivity index (χ0n) is 11.4. The van der Waals surface area contributed by atoms with Crippen molar-refractivity contribution in [2.75, 3.05) is 20.2 Å². The van der Waals surface area contributed by atoms with Gasteiger partial charge in [0.2, 0.25) is 0 Å². The van der Waals surface area contributed by atoms with Crippen molar-refractivity contribution >= 4 is 5.97 Å². The van der Waals surface area contributed by atoms with E-state index >= 15 is 0 Å². The molecule has 4 heteroatoms. The highest BCUT2D eigenvalue weighted by Gasteiger charge is 2.20. The maximum absolute atomic E-state index is 11.5. The summed E-state index contributed by atoms with van der Waals surface area (Å²) >= 11 is 0. The van der Waals surface area contributed by atoms with E-state index in [9.17, 15) is 4.79 Å². The molecule has 0 aromatic carbocycles. The predicted molar refractivity (Wildman–Crippen MR) is 68.5 cm³/mol. The lowest BCUT2D eigenvalue weighted by molar-refractivity contribution is 0.0599. The van der Waals surface area contributed by atoms with Crippen LogP contribution in [-0.4, -0.2) is 31.1 Å². The van der Waals surface area contributed by atoms with Gasteiger partial charge in [0.05, 0.1) is 13.7 Å². The fourth-order valence-corrected chi connectivity index (χ4v) is 2.58. The number of piperidine rings is 1.